The predicted molar refractivity (Wildman–Crippen MR) is 70.5 cm³/mol. The van der Waals surface area contributed by atoms with E-state index in [-0.39, 0.29) is 6.04 Å². The summed E-state index contributed by atoms with van der Waals surface area (Å²) in [5.74, 6) is 12.4. The highest BCUT2D eigenvalue weighted by molar-refractivity contribution is 5.39. The topological polar surface area (TPSA) is 47.3 Å². The standard InChI is InChI=1S/C14H20N2O/c1-4-5-6-7-13(16-15)12-9-8-11(2)10-14(12)17-3/h8-10,13,16H,6-7,15H2,1-3H3. The third kappa shape index (κ3) is 3.77. The van der Waals surface area contributed by atoms with Gasteiger partial charge in [-0.05, 0) is 31.9 Å². The SMILES string of the molecule is CC#CCCC(NN)c1ccc(C)cc1OC. The summed E-state index contributed by atoms with van der Waals surface area (Å²) in [5.41, 5.74) is 5.08. The number of aryl methyl sites for hydroxylation is 1. The van der Waals surface area contributed by atoms with Crippen LogP contribution in [0.1, 0.15) is 36.9 Å². The van der Waals surface area contributed by atoms with Gasteiger partial charge in [-0.15, -0.1) is 11.8 Å². The molecule has 3 nitrogen and oxygen atoms in total. The van der Waals surface area contributed by atoms with Gasteiger partial charge in [-0.3, -0.25) is 11.3 Å². The molecular weight excluding hydrogens is 212 g/mol. The Balaban J connectivity index is 2.89. The minimum atomic E-state index is 0.0754. The second kappa shape index (κ2) is 6.95. The van der Waals surface area contributed by atoms with Gasteiger partial charge in [-0.2, -0.15) is 0 Å². The maximum absolute atomic E-state index is 5.59. The maximum Gasteiger partial charge on any atom is 0.123 e. The van der Waals surface area contributed by atoms with E-state index in [0.717, 1.165) is 24.2 Å². The summed E-state index contributed by atoms with van der Waals surface area (Å²) in [6, 6.07) is 6.21. The molecule has 17 heavy (non-hydrogen) atoms. The van der Waals surface area contributed by atoms with E-state index in [1.54, 1.807) is 7.11 Å². The largest absolute Gasteiger partial charge is 0.496 e. The van der Waals surface area contributed by atoms with Gasteiger partial charge < -0.3 is 4.74 Å². The third-order valence-electron chi connectivity index (χ3n) is 2.70. The van der Waals surface area contributed by atoms with Crippen LogP contribution in [0, 0.1) is 18.8 Å². The molecule has 1 aromatic carbocycles. The Morgan fingerprint density at radius 3 is 2.82 bits per heavy atom. The van der Waals surface area contributed by atoms with E-state index in [1.807, 2.05) is 19.9 Å². The van der Waals surface area contributed by atoms with Crippen LogP contribution >= 0.6 is 0 Å². The quantitative estimate of drug-likeness (QED) is 0.465. The summed E-state index contributed by atoms with van der Waals surface area (Å²) in [6.07, 6.45) is 1.69. The van der Waals surface area contributed by atoms with Crippen LogP contribution in [-0.4, -0.2) is 7.11 Å². The van der Waals surface area contributed by atoms with Crippen LogP contribution in [-0.2, 0) is 0 Å². The van der Waals surface area contributed by atoms with Crippen molar-refractivity contribution in [1.29, 1.82) is 0 Å². The lowest BCUT2D eigenvalue weighted by molar-refractivity contribution is 0.396. The van der Waals surface area contributed by atoms with Gasteiger partial charge in [0.2, 0.25) is 0 Å². The van der Waals surface area contributed by atoms with Crippen LogP contribution in [0.5, 0.6) is 5.75 Å². The number of hydrogen-bond acceptors (Lipinski definition) is 3. The second-order valence-electron chi connectivity index (χ2n) is 3.93. The predicted octanol–water partition coefficient (Wildman–Crippen LogP) is 2.31. The summed E-state index contributed by atoms with van der Waals surface area (Å²) in [5, 5.41) is 0. The van der Waals surface area contributed by atoms with Crippen molar-refractivity contribution in [3.8, 4) is 17.6 Å². The fraction of sp³-hybridized carbons (Fsp3) is 0.429. The summed E-state index contributed by atoms with van der Waals surface area (Å²) in [6.45, 7) is 3.89. The van der Waals surface area contributed by atoms with Crippen LogP contribution in [0.4, 0.5) is 0 Å². The average Bonchev–Trinajstić information content (AvgIpc) is 2.35. The molecular formula is C14H20N2O. The first-order chi connectivity index (χ1) is 8.22. The van der Waals surface area contributed by atoms with Crippen molar-refractivity contribution in [2.45, 2.75) is 32.7 Å². The molecule has 0 aliphatic rings. The number of hydrazine groups is 1. The number of methoxy groups -OCH3 is 1. The first-order valence-electron chi connectivity index (χ1n) is 5.73. The number of ether oxygens (including phenoxy) is 1. The van der Waals surface area contributed by atoms with Crippen LogP contribution in [0.25, 0.3) is 0 Å². The van der Waals surface area contributed by atoms with E-state index in [9.17, 15) is 0 Å². The maximum atomic E-state index is 5.59. The lowest BCUT2D eigenvalue weighted by Crippen LogP contribution is -2.28. The van der Waals surface area contributed by atoms with Crippen LogP contribution in [0.2, 0.25) is 0 Å². The Bertz CT molecular complexity index is 418. The van der Waals surface area contributed by atoms with E-state index >= 15 is 0 Å². The molecule has 0 bridgehead atoms. The average molecular weight is 232 g/mol. The van der Waals surface area contributed by atoms with Gasteiger partial charge in [-0.25, -0.2) is 0 Å². The summed E-state index contributed by atoms with van der Waals surface area (Å²) < 4.78 is 5.38. The first kappa shape index (κ1) is 13.6. The van der Waals surface area contributed by atoms with Gasteiger partial charge in [-0.1, -0.05) is 12.1 Å². The molecule has 0 spiro atoms. The molecule has 1 aromatic rings. The summed E-state index contributed by atoms with van der Waals surface area (Å²) in [7, 11) is 1.68. The van der Waals surface area contributed by atoms with Gasteiger partial charge in [0.15, 0.2) is 0 Å². The Labute approximate surface area is 103 Å². The molecule has 1 unspecified atom stereocenters. The summed E-state index contributed by atoms with van der Waals surface area (Å²) in [4.78, 5) is 0. The Morgan fingerprint density at radius 1 is 1.47 bits per heavy atom. The molecule has 92 valence electrons. The molecule has 3 heteroatoms. The van der Waals surface area contributed by atoms with E-state index < -0.39 is 0 Å². The molecule has 0 aromatic heterocycles. The molecule has 1 rings (SSSR count). The minimum absolute atomic E-state index is 0.0754. The van der Waals surface area contributed by atoms with Gasteiger partial charge in [0.1, 0.15) is 5.75 Å². The molecule has 0 saturated carbocycles. The van der Waals surface area contributed by atoms with Crippen LogP contribution < -0.4 is 16.0 Å². The highest BCUT2D eigenvalue weighted by Gasteiger charge is 2.13. The zero-order valence-corrected chi connectivity index (χ0v) is 10.7. The van der Waals surface area contributed by atoms with Crippen molar-refractivity contribution in [1.82, 2.24) is 5.43 Å². The lowest BCUT2D eigenvalue weighted by atomic mass is 10.00. The molecule has 3 N–H and O–H groups in total. The van der Waals surface area contributed by atoms with Gasteiger partial charge in [0, 0.05) is 12.0 Å². The minimum Gasteiger partial charge on any atom is -0.496 e. The highest BCUT2D eigenvalue weighted by atomic mass is 16.5. The molecule has 0 aliphatic heterocycles. The van der Waals surface area contributed by atoms with Crippen molar-refractivity contribution in [3.05, 3.63) is 29.3 Å². The number of rotatable bonds is 5. The fourth-order valence-corrected chi connectivity index (χ4v) is 1.78. The lowest BCUT2D eigenvalue weighted by Gasteiger charge is -2.18. The van der Waals surface area contributed by atoms with Gasteiger partial charge >= 0.3 is 0 Å². The number of benzene rings is 1. The molecule has 0 saturated heterocycles. The number of nitrogens with one attached hydrogen (secondary N) is 1. The second-order valence-corrected chi connectivity index (χ2v) is 3.93. The van der Waals surface area contributed by atoms with Crippen molar-refractivity contribution >= 4 is 0 Å². The van der Waals surface area contributed by atoms with Crippen molar-refractivity contribution in [2.24, 2.45) is 5.84 Å². The third-order valence-corrected chi connectivity index (χ3v) is 2.70. The van der Waals surface area contributed by atoms with Crippen molar-refractivity contribution < 1.29 is 4.74 Å². The monoisotopic (exact) mass is 232 g/mol. The fourth-order valence-electron chi connectivity index (χ4n) is 1.78. The van der Waals surface area contributed by atoms with Gasteiger partial charge in [0.25, 0.3) is 0 Å². The number of nitrogens with two attached hydrogens (primary N) is 1. The molecule has 0 heterocycles. The zero-order chi connectivity index (χ0) is 12.7. The smallest absolute Gasteiger partial charge is 0.123 e. The Kier molecular flexibility index (Phi) is 5.55. The Morgan fingerprint density at radius 2 is 2.24 bits per heavy atom. The van der Waals surface area contributed by atoms with E-state index in [0.29, 0.717) is 0 Å². The molecule has 0 amide bonds. The molecule has 0 radical (unpaired) electrons. The normalized spacial score (nSPS) is 11.5. The van der Waals surface area contributed by atoms with E-state index in [4.69, 9.17) is 10.6 Å². The van der Waals surface area contributed by atoms with Crippen LogP contribution in [0.3, 0.4) is 0 Å². The first-order valence-corrected chi connectivity index (χ1v) is 5.73. The zero-order valence-electron chi connectivity index (χ0n) is 10.7. The molecule has 1 atom stereocenters. The van der Waals surface area contributed by atoms with E-state index in [2.05, 4.69) is 29.4 Å². The summed E-state index contributed by atoms with van der Waals surface area (Å²) >= 11 is 0. The highest BCUT2D eigenvalue weighted by Crippen LogP contribution is 2.28. The number of hydrogen-bond donors (Lipinski definition) is 2. The Hall–Kier alpha value is -1.50. The van der Waals surface area contributed by atoms with E-state index in [1.165, 1.54) is 5.56 Å². The molecule has 0 fully saturated rings. The van der Waals surface area contributed by atoms with Crippen molar-refractivity contribution in [2.75, 3.05) is 7.11 Å². The van der Waals surface area contributed by atoms with Gasteiger partial charge in [0.05, 0.1) is 13.2 Å². The van der Waals surface area contributed by atoms with Crippen molar-refractivity contribution in [3.63, 3.8) is 0 Å². The molecule has 0 aliphatic carbocycles. The van der Waals surface area contributed by atoms with Crippen LogP contribution in [0.15, 0.2) is 18.2 Å².